The fourth-order valence-corrected chi connectivity index (χ4v) is 4.19. The summed E-state index contributed by atoms with van der Waals surface area (Å²) in [6, 6.07) is 2.00. The van der Waals surface area contributed by atoms with Crippen molar-refractivity contribution in [3.05, 3.63) is 42.0 Å². The lowest BCUT2D eigenvalue weighted by Gasteiger charge is -2.52. The van der Waals surface area contributed by atoms with Gasteiger partial charge in [-0.15, -0.1) is 0 Å². The first-order chi connectivity index (χ1) is 12.1. The summed E-state index contributed by atoms with van der Waals surface area (Å²) >= 11 is 0. The number of aromatic nitrogens is 4. The van der Waals surface area contributed by atoms with E-state index < -0.39 is 0 Å². The van der Waals surface area contributed by atoms with Gasteiger partial charge in [0.25, 0.3) is 5.91 Å². The quantitative estimate of drug-likeness (QED) is 0.910. The molecule has 2 aliphatic rings. The summed E-state index contributed by atoms with van der Waals surface area (Å²) in [7, 11) is 1.96. The molecule has 1 saturated carbocycles. The Hall–Kier alpha value is -2.28. The van der Waals surface area contributed by atoms with Crippen LogP contribution in [0.3, 0.4) is 0 Å². The van der Waals surface area contributed by atoms with Crippen molar-refractivity contribution in [3.63, 3.8) is 0 Å². The van der Waals surface area contributed by atoms with Crippen LogP contribution in [0.15, 0.2) is 30.9 Å². The Bertz CT molecular complexity index is 727. The highest BCUT2D eigenvalue weighted by Crippen LogP contribution is 2.49. The van der Waals surface area contributed by atoms with Crippen molar-refractivity contribution in [2.24, 2.45) is 12.5 Å². The van der Waals surface area contributed by atoms with Crippen molar-refractivity contribution in [1.29, 1.82) is 0 Å². The fraction of sp³-hybridized carbons (Fsp3) is 0.556. The molecule has 0 bridgehead atoms. The number of hydrogen-bond acceptors (Lipinski definition) is 5. The predicted molar refractivity (Wildman–Crippen MR) is 92.7 cm³/mol. The van der Waals surface area contributed by atoms with E-state index in [4.69, 9.17) is 0 Å². The summed E-state index contributed by atoms with van der Waals surface area (Å²) in [4.78, 5) is 14.7. The molecule has 1 saturated heterocycles. The first-order valence-electron chi connectivity index (χ1n) is 8.89. The largest absolute Gasteiger partial charge is 0.349 e. The highest BCUT2D eigenvalue weighted by atomic mass is 16.1. The van der Waals surface area contributed by atoms with Crippen molar-refractivity contribution < 1.29 is 4.79 Å². The van der Waals surface area contributed by atoms with E-state index >= 15 is 0 Å². The molecule has 7 nitrogen and oxygen atoms in total. The van der Waals surface area contributed by atoms with Gasteiger partial charge in [-0.3, -0.25) is 14.4 Å². The molecule has 0 radical (unpaired) electrons. The molecule has 2 aromatic rings. The van der Waals surface area contributed by atoms with Crippen LogP contribution in [0.1, 0.15) is 41.6 Å². The lowest BCUT2D eigenvalue weighted by molar-refractivity contribution is 0.00466. The molecule has 2 fully saturated rings. The maximum absolute atomic E-state index is 12.2. The van der Waals surface area contributed by atoms with E-state index in [1.54, 1.807) is 12.3 Å². The van der Waals surface area contributed by atoms with Gasteiger partial charge in [0.2, 0.25) is 0 Å². The van der Waals surface area contributed by atoms with Crippen LogP contribution < -0.4 is 5.32 Å². The molecule has 7 heteroatoms. The average molecular weight is 340 g/mol. The third-order valence-electron chi connectivity index (χ3n) is 5.62. The molecule has 0 atom stereocenters. The Labute approximate surface area is 147 Å². The van der Waals surface area contributed by atoms with E-state index in [-0.39, 0.29) is 5.91 Å². The fourth-order valence-electron chi connectivity index (χ4n) is 4.19. The highest BCUT2D eigenvalue weighted by Gasteiger charge is 2.46. The molecule has 1 aliphatic heterocycles. The number of rotatable bonds is 4. The van der Waals surface area contributed by atoms with Gasteiger partial charge >= 0.3 is 0 Å². The van der Waals surface area contributed by atoms with Crippen LogP contribution in [0.4, 0.5) is 0 Å². The van der Waals surface area contributed by atoms with Gasteiger partial charge in [0, 0.05) is 31.4 Å². The van der Waals surface area contributed by atoms with Crippen molar-refractivity contribution in [2.45, 2.75) is 38.3 Å². The number of amides is 1. The zero-order valence-electron chi connectivity index (χ0n) is 14.6. The van der Waals surface area contributed by atoms with Crippen molar-refractivity contribution in [1.82, 2.24) is 30.2 Å². The Balaban J connectivity index is 1.23. The molecule has 2 aromatic heterocycles. The molecule has 0 aromatic carbocycles. The van der Waals surface area contributed by atoms with Crippen molar-refractivity contribution in [2.75, 3.05) is 13.1 Å². The van der Waals surface area contributed by atoms with Crippen LogP contribution in [0.5, 0.6) is 0 Å². The normalized spacial score (nSPS) is 20.4. The van der Waals surface area contributed by atoms with Gasteiger partial charge in [-0.05, 0) is 50.3 Å². The summed E-state index contributed by atoms with van der Waals surface area (Å²) in [6.07, 6.45) is 11.7. The second-order valence-corrected chi connectivity index (χ2v) is 7.51. The molecule has 25 heavy (non-hydrogen) atoms. The molecule has 0 unspecified atom stereocenters. The van der Waals surface area contributed by atoms with Crippen LogP contribution in [-0.4, -0.2) is 49.9 Å². The smallest absolute Gasteiger partial charge is 0.253 e. The number of aryl methyl sites for hydroxylation is 1. The topological polar surface area (TPSA) is 75.9 Å². The number of hydrogen-bond donors (Lipinski definition) is 1. The molecule has 1 N–H and O–H groups in total. The lowest BCUT2D eigenvalue weighted by Crippen LogP contribution is -2.54. The van der Waals surface area contributed by atoms with Gasteiger partial charge in [-0.25, -0.2) is 0 Å². The second kappa shape index (κ2) is 6.55. The second-order valence-electron chi connectivity index (χ2n) is 7.51. The van der Waals surface area contributed by atoms with E-state index in [0.717, 1.165) is 32.5 Å². The molecular formula is C18H24N6O. The van der Waals surface area contributed by atoms with Crippen LogP contribution in [0.2, 0.25) is 0 Å². The van der Waals surface area contributed by atoms with Gasteiger partial charge in [0.15, 0.2) is 0 Å². The first kappa shape index (κ1) is 16.2. The van der Waals surface area contributed by atoms with Crippen LogP contribution in [-0.2, 0) is 13.6 Å². The summed E-state index contributed by atoms with van der Waals surface area (Å²) in [5.41, 5.74) is 2.30. The van der Waals surface area contributed by atoms with Crippen molar-refractivity contribution >= 4 is 5.91 Å². The Morgan fingerprint density at radius 2 is 2.08 bits per heavy atom. The summed E-state index contributed by atoms with van der Waals surface area (Å²) in [6.45, 7) is 3.24. The van der Waals surface area contributed by atoms with Crippen LogP contribution >= 0.6 is 0 Å². The minimum absolute atomic E-state index is 0.0382. The van der Waals surface area contributed by atoms with E-state index in [1.165, 1.54) is 24.6 Å². The summed E-state index contributed by atoms with van der Waals surface area (Å²) in [5, 5.41) is 14.8. The van der Waals surface area contributed by atoms with Gasteiger partial charge in [-0.1, -0.05) is 0 Å². The number of piperidine rings is 1. The van der Waals surface area contributed by atoms with Crippen LogP contribution in [0.25, 0.3) is 0 Å². The van der Waals surface area contributed by atoms with Gasteiger partial charge in [-0.2, -0.15) is 15.3 Å². The standard InChI is InChI=1S/C18H24N6O/c1-23-12-14(10-21-23)13-24-6-3-18(4-7-24)8-16(9-18)22-17(25)15-2-5-19-20-11-15/h2,5,10-12,16H,3-4,6-9,13H2,1H3,(H,22,25). The number of nitrogens with zero attached hydrogens (tertiary/aromatic N) is 5. The molecular weight excluding hydrogens is 316 g/mol. The lowest BCUT2D eigenvalue weighted by atomic mass is 9.60. The van der Waals surface area contributed by atoms with Crippen LogP contribution in [0, 0.1) is 5.41 Å². The average Bonchev–Trinajstić information content (AvgIpc) is 3.01. The van der Waals surface area contributed by atoms with Gasteiger partial charge < -0.3 is 5.32 Å². The summed E-state index contributed by atoms with van der Waals surface area (Å²) in [5.74, 6) is -0.0382. The third-order valence-corrected chi connectivity index (χ3v) is 5.62. The number of carbonyl (C=O) groups excluding carboxylic acids is 1. The van der Waals surface area contributed by atoms with E-state index in [9.17, 15) is 4.79 Å². The Morgan fingerprint density at radius 3 is 2.72 bits per heavy atom. The van der Waals surface area contributed by atoms with E-state index in [1.807, 2.05) is 17.9 Å². The zero-order chi connectivity index (χ0) is 17.3. The molecule has 1 aliphatic carbocycles. The van der Waals surface area contributed by atoms with Gasteiger partial charge in [0.05, 0.1) is 24.2 Å². The first-order valence-corrected chi connectivity index (χ1v) is 8.89. The summed E-state index contributed by atoms with van der Waals surface area (Å²) < 4.78 is 1.86. The maximum atomic E-state index is 12.2. The number of carbonyl (C=O) groups is 1. The van der Waals surface area contributed by atoms with E-state index in [2.05, 4.69) is 31.7 Å². The minimum Gasteiger partial charge on any atom is -0.349 e. The maximum Gasteiger partial charge on any atom is 0.253 e. The molecule has 1 spiro atoms. The molecule has 3 heterocycles. The monoisotopic (exact) mass is 340 g/mol. The SMILES string of the molecule is Cn1cc(CN2CCC3(CC2)CC(NC(=O)c2ccnnc2)C3)cn1. The van der Waals surface area contributed by atoms with Crippen molar-refractivity contribution in [3.8, 4) is 0 Å². The molecule has 1 amide bonds. The van der Waals surface area contributed by atoms with E-state index in [0.29, 0.717) is 17.0 Å². The third kappa shape index (κ3) is 3.56. The molecule has 132 valence electrons. The molecule has 4 rings (SSSR count). The predicted octanol–water partition coefficient (Wildman–Crippen LogP) is 1.38. The van der Waals surface area contributed by atoms with Gasteiger partial charge in [0.1, 0.15) is 0 Å². The highest BCUT2D eigenvalue weighted by molar-refractivity contribution is 5.94. The number of nitrogens with one attached hydrogen (secondary N) is 1. The number of likely N-dealkylation sites (tertiary alicyclic amines) is 1. The Morgan fingerprint density at radius 1 is 1.28 bits per heavy atom. The zero-order valence-corrected chi connectivity index (χ0v) is 14.6. The Kier molecular flexibility index (Phi) is 4.25. The minimum atomic E-state index is -0.0382.